The molecule has 92 valence electrons. The molecule has 1 aromatic heterocycles. The highest BCUT2D eigenvalue weighted by Gasteiger charge is 2.44. The zero-order valence-corrected chi connectivity index (χ0v) is 10.6. The van der Waals surface area contributed by atoms with E-state index in [2.05, 4.69) is 16.8 Å². The van der Waals surface area contributed by atoms with Crippen LogP contribution in [0.15, 0.2) is 11.4 Å². The average molecular weight is 251 g/mol. The number of hydrogen-bond donors (Lipinski definition) is 2. The van der Waals surface area contributed by atoms with E-state index in [1.54, 1.807) is 11.3 Å². The molecule has 0 aliphatic heterocycles. The van der Waals surface area contributed by atoms with Crippen LogP contribution < -0.4 is 5.32 Å². The fourth-order valence-electron chi connectivity index (χ4n) is 2.58. The summed E-state index contributed by atoms with van der Waals surface area (Å²) >= 11 is 1.76. The van der Waals surface area contributed by atoms with Gasteiger partial charge in [-0.1, -0.05) is 0 Å². The van der Waals surface area contributed by atoms with Gasteiger partial charge in [0.15, 0.2) is 0 Å². The average Bonchev–Trinajstić information content (AvgIpc) is 2.95. The number of fused-ring (bicyclic) bond motifs is 1. The molecule has 1 aromatic rings. The minimum absolute atomic E-state index is 0.00836. The molecule has 1 atom stereocenters. The number of carbonyl (C=O) groups is 1. The highest BCUT2D eigenvalue weighted by atomic mass is 32.1. The minimum atomic E-state index is -0.287. The lowest BCUT2D eigenvalue weighted by atomic mass is 9.87. The number of thiophene rings is 1. The van der Waals surface area contributed by atoms with E-state index >= 15 is 0 Å². The van der Waals surface area contributed by atoms with E-state index in [9.17, 15) is 9.90 Å². The Kier molecular flexibility index (Phi) is 2.71. The first-order chi connectivity index (χ1) is 8.24. The largest absolute Gasteiger partial charge is 0.394 e. The zero-order chi connectivity index (χ0) is 11.9. The van der Waals surface area contributed by atoms with Gasteiger partial charge in [0.2, 0.25) is 5.91 Å². The maximum absolute atomic E-state index is 12.3. The van der Waals surface area contributed by atoms with Gasteiger partial charge >= 0.3 is 0 Å². The molecule has 17 heavy (non-hydrogen) atoms. The molecule has 0 saturated heterocycles. The summed E-state index contributed by atoms with van der Waals surface area (Å²) in [7, 11) is 0. The van der Waals surface area contributed by atoms with Crippen LogP contribution in [0, 0.1) is 0 Å². The maximum Gasteiger partial charge on any atom is 0.228 e. The van der Waals surface area contributed by atoms with E-state index in [0.717, 1.165) is 32.1 Å². The molecule has 0 aromatic carbocycles. The quantitative estimate of drug-likeness (QED) is 0.860. The molecule has 0 radical (unpaired) electrons. The summed E-state index contributed by atoms with van der Waals surface area (Å²) in [5.74, 6) is 0.116. The summed E-state index contributed by atoms with van der Waals surface area (Å²) in [5.41, 5.74) is 0.928. The third-order valence-electron chi connectivity index (χ3n) is 3.91. The Morgan fingerprint density at radius 3 is 3.12 bits per heavy atom. The van der Waals surface area contributed by atoms with Crippen molar-refractivity contribution >= 4 is 17.2 Å². The molecule has 1 fully saturated rings. The first kappa shape index (κ1) is 11.2. The Hall–Kier alpha value is -0.870. The summed E-state index contributed by atoms with van der Waals surface area (Å²) in [6.07, 6.45) is 4.98. The minimum Gasteiger partial charge on any atom is -0.394 e. The van der Waals surface area contributed by atoms with Crippen molar-refractivity contribution in [3.63, 3.8) is 0 Å². The van der Waals surface area contributed by atoms with Crippen LogP contribution in [-0.4, -0.2) is 23.2 Å². The molecule has 2 N–H and O–H groups in total. The fraction of sp³-hybridized carbons (Fsp3) is 0.615. The Balaban J connectivity index is 1.75. The van der Waals surface area contributed by atoms with Crippen LogP contribution in [0.4, 0.5) is 0 Å². The van der Waals surface area contributed by atoms with Crippen LogP contribution >= 0.6 is 11.3 Å². The molecule has 1 heterocycles. The standard InChI is InChI=1S/C13H17NO2S/c15-8-13(5-6-13)14-12(16)10-2-1-3-11-9(10)4-7-17-11/h4,7,10,15H,1-3,5-6,8H2,(H,14,16). The molecule has 2 aliphatic carbocycles. The van der Waals surface area contributed by atoms with Crippen LogP contribution in [0.2, 0.25) is 0 Å². The van der Waals surface area contributed by atoms with Gasteiger partial charge in [0.05, 0.1) is 18.1 Å². The van der Waals surface area contributed by atoms with Crippen molar-refractivity contribution < 1.29 is 9.90 Å². The van der Waals surface area contributed by atoms with Gasteiger partial charge in [-0.2, -0.15) is 0 Å². The van der Waals surface area contributed by atoms with E-state index < -0.39 is 0 Å². The number of carbonyl (C=O) groups excluding carboxylic acids is 1. The van der Waals surface area contributed by atoms with Gasteiger partial charge in [-0.25, -0.2) is 0 Å². The van der Waals surface area contributed by atoms with Crippen molar-refractivity contribution in [2.75, 3.05) is 6.61 Å². The number of rotatable bonds is 3. The van der Waals surface area contributed by atoms with E-state index in [4.69, 9.17) is 0 Å². The molecule has 2 aliphatic rings. The van der Waals surface area contributed by atoms with Gasteiger partial charge in [-0.3, -0.25) is 4.79 Å². The first-order valence-electron chi connectivity index (χ1n) is 6.23. The molecular formula is C13H17NO2S. The first-order valence-corrected chi connectivity index (χ1v) is 7.11. The van der Waals surface area contributed by atoms with E-state index in [0.29, 0.717) is 0 Å². The smallest absolute Gasteiger partial charge is 0.228 e. The second-order valence-corrected chi connectivity index (χ2v) is 6.17. The molecule has 0 spiro atoms. The van der Waals surface area contributed by atoms with Crippen molar-refractivity contribution in [2.24, 2.45) is 0 Å². The molecular weight excluding hydrogens is 234 g/mol. The highest BCUT2D eigenvalue weighted by molar-refractivity contribution is 7.10. The van der Waals surface area contributed by atoms with E-state index in [1.165, 1.54) is 10.4 Å². The lowest BCUT2D eigenvalue weighted by Crippen LogP contribution is -2.42. The number of hydrogen-bond acceptors (Lipinski definition) is 3. The van der Waals surface area contributed by atoms with Crippen LogP contribution in [-0.2, 0) is 11.2 Å². The van der Waals surface area contributed by atoms with Crippen molar-refractivity contribution in [1.29, 1.82) is 0 Å². The second-order valence-electron chi connectivity index (χ2n) is 5.17. The monoisotopic (exact) mass is 251 g/mol. The predicted molar refractivity (Wildman–Crippen MR) is 67.2 cm³/mol. The van der Waals surface area contributed by atoms with Gasteiger partial charge in [0.1, 0.15) is 0 Å². The fourth-order valence-corrected chi connectivity index (χ4v) is 3.57. The Labute approximate surface area is 105 Å². The molecule has 1 amide bonds. The number of amides is 1. The zero-order valence-electron chi connectivity index (χ0n) is 9.74. The normalized spacial score (nSPS) is 25.1. The Morgan fingerprint density at radius 1 is 1.59 bits per heavy atom. The van der Waals surface area contributed by atoms with E-state index in [1.807, 2.05) is 0 Å². The lowest BCUT2D eigenvalue weighted by Gasteiger charge is -2.24. The summed E-state index contributed by atoms with van der Waals surface area (Å²) < 4.78 is 0. The molecule has 1 saturated carbocycles. The van der Waals surface area contributed by atoms with Gasteiger partial charge in [-0.05, 0) is 49.1 Å². The third kappa shape index (κ3) is 2.00. The number of aryl methyl sites for hydroxylation is 1. The molecule has 1 unspecified atom stereocenters. The summed E-state index contributed by atoms with van der Waals surface area (Å²) in [4.78, 5) is 13.6. The van der Waals surface area contributed by atoms with Crippen molar-refractivity contribution in [3.05, 3.63) is 21.9 Å². The van der Waals surface area contributed by atoms with Gasteiger partial charge in [0.25, 0.3) is 0 Å². The molecule has 0 bridgehead atoms. The topological polar surface area (TPSA) is 49.3 Å². The van der Waals surface area contributed by atoms with Crippen molar-refractivity contribution in [2.45, 2.75) is 43.6 Å². The van der Waals surface area contributed by atoms with Gasteiger partial charge in [-0.15, -0.1) is 11.3 Å². The molecule has 4 heteroatoms. The molecule has 3 rings (SSSR count). The van der Waals surface area contributed by atoms with Gasteiger partial charge in [0, 0.05) is 4.88 Å². The number of aliphatic hydroxyl groups is 1. The van der Waals surface area contributed by atoms with Crippen molar-refractivity contribution in [1.82, 2.24) is 5.32 Å². The van der Waals surface area contributed by atoms with Crippen LogP contribution in [0.5, 0.6) is 0 Å². The summed E-state index contributed by atoms with van der Waals surface area (Å²) in [6.45, 7) is 0.0714. The van der Waals surface area contributed by atoms with E-state index in [-0.39, 0.29) is 24.0 Å². The second kappa shape index (κ2) is 4.10. The van der Waals surface area contributed by atoms with Gasteiger partial charge < -0.3 is 10.4 Å². The number of aliphatic hydroxyl groups excluding tert-OH is 1. The highest BCUT2D eigenvalue weighted by Crippen LogP contribution is 2.38. The number of nitrogens with one attached hydrogen (secondary N) is 1. The predicted octanol–water partition coefficient (Wildman–Crippen LogP) is 1.81. The molecule has 3 nitrogen and oxygen atoms in total. The maximum atomic E-state index is 12.3. The van der Waals surface area contributed by atoms with Crippen LogP contribution in [0.1, 0.15) is 42.0 Å². The summed E-state index contributed by atoms with van der Waals surface area (Å²) in [6, 6.07) is 2.09. The SMILES string of the molecule is O=C(NC1(CO)CC1)C1CCCc2sccc21. The van der Waals surface area contributed by atoms with Crippen LogP contribution in [0.3, 0.4) is 0 Å². The summed E-state index contributed by atoms with van der Waals surface area (Å²) in [5, 5.41) is 14.4. The Bertz CT molecular complexity index is 436. The Morgan fingerprint density at radius 2 is 2.41 bits per heavy atom. The van der Waals surface area contributed by atoms with Crippen LogP contribution in [0.25, 0.3) is 0 Å². The third-order valence-corrected chi connectivity index (χ3v) is 4.91. The lowest BCUT2D eigenvalue weighted by molar-refractivity contribution is -0.124. The van der Waals surface area contributed by atoms with Crippen molar-refractivity contribution in [3.8, 4) is 0 Å².